The van der Waals surface area contributed by atoms with E-state index in [0.29, 0.717) is 49.3 Å². The summed E-state index contributed by atoms with van der Waals surface area (Å²) in [5.41, 5.74) is -0.0138. The Bertz CT molecular complexity index is 1080. The number of alkyl halides is 3. The summed E-state index contributed by atoms with van der Waals surface area (Å²) in [4.78, 5) is 20.5. The number of urea groups is 1. The van der Waals surface area contributed by atoms with Crippen LogP contribution < -0.4 is 10.2 Å². The Balaban J connectivity index is 1.41. The highest BCUT2D eigenvalue weighted by atomic mass is 19.4. The van der Waals surface area contributed by atoms with Gasteiger partial charge in [-0.1, -0.05) is 6.07 Å². The molecule has 11 heteroatoms. The molecule has 0 aliphatic carbocycles. The summed E-state index contributed by atoms with van der Waals surface area (Å²) in [6, 6.07) is 7.73. The molecule has 0 saturated carbocycles. The summed E-state index contributed by atoms with van der Waals surface area (Å²) < 4.78 is 44.1. The number of hydrogen-bond acceptors (Lipinski definition) is 6. The Morgan fingerprint density at radius 1 is 1.10 bits per heavy atom. The fourth-order valence-electron chi connectivity index (χ4n) is 3.32. The third-order valence-electron chi connectivity index (χ3n) is 4.85. The molecule has 1 aliphatic heterocycles. The van der Waals surface area contributed by atoms with Crippen molar-refractivity contribution in [2.45, 2.75) is 13.1 Å². The minimum atomic E-state index is -4.47. The van der Waals surface area contributed by atoms with Gasteiger partial charge in [0, 0.05) is 45.0 Å². The molecule has 31 heavy (non-hydrogen) atoms. The van der Waals surface area contributed by atoms with E-state index in [1.807, 2.05) is 11.0 Å². The molecule has 0 spiro atoms. The smallest absolute Gasteiger partial charge is 0.416 e. The Kier molecular flexibility index (Phi) is 5.49. The predicted octanol–water partition coefficient (Wildman–Crippen LogP) is 3.81. The van der Waals surface area contributed by atoms with Gasteiger partial charge in [-0.3, -0.25) is 0 Å². The monoisotopic (exact) mass is 432 g/mol. The highest BCUT2D eigenvalue weighted by molar-refractivity contribution is 5.89. The first-order chi connectivity index (χ1) is 14.8. The highest BCUT2D eigenvalue weighted by Gasteiger charge is 2.31. The van der Waals surface area contributed by atoms with Crippen molar-refractivity contribution in [3.8, 4) is 11.5 Å². The van der Waals surface area contributed by atoms with Gasteiger partial charge in [-0.2, -0.15) is 13.2 Å². The molecule has 1 N–H and O–H groups in total. The minimum Gasteiger partial charge on any atom is -0.421 e. The van der Waals surface area contributed by atoms with Gasteiger partial charge in [0.1, 0.15) is 5.82 Å². The Morgan fingerprint density at radius 2 is 1.87 bits per heavy atom. The van der Waals surface area contributed by atoms with Crippen LogP contribution in [0.3, 0.4) is 0 Å². The molecule has 3 heterocycles. The van der Waals surface area contributed by atoms with Crippen LogP contribution in [0, 0.1) is 6.92 Å². The maximum Gasteiger partial charge on any atom is 0.416 e. The van der Waals surface area contributed by atoms with Crippen LogP contribution in [0.4, 0.5) is 29.5 Å². The molecule has 4 rings (SSSR count). The molecule has 162 valence electrons. The van der Waals surface area contributed by atoms with E-state index < -0.39 is 17.8 Å². The molecule has 2 amide bonds. The second-order valence-electron chi connectivity index (χ2n) is 6.98. The Hall–Kier alpha value is -3.63. The average Bonchev–Trinajstić information content (AvgIpc) is 3.19. The lowest BCUT2D eigenvalue weighted by molar-refractivity contribution is -0.137. The lowest BCUT2D eigenvalue weighted by Gasteiger charge is -2.35. The fraction of sp³-hybridized carbons (Fsp3) is 0.300. The van der Waals surface area contributed by atoms with Crippen LogP contribution >= 0.6 is 0 Å². The number of carbonyl (C=O) groups is 1. The maximum absolute atomic E-state index is 12.9. The molecule has 3 aromatic rings. The van der Waals surface area contributed by atoms with Crippen LogP contribution in [0.25, 0.3) is 11.5 Å². The summed E-state index contributed by atoms with van der Waals surface area (Å²) in [5, 5.41) is 10.4. The number of halogens is 3. The number of anilines is 2. The lowest BCUT2D eigenvalue weighted by atomic mass is 10.2. The van der Waals surface area contributed by atoms with E-state index >= 15 is 0 Å². The largest absolute Gasteiger partial charge is 0.421 e. The summed E-state index contributed by atoms with van der Waals surface area (Å²) in [7, 11) is 0. The van der Waals surface area contributed by atoms with Gasteiger partial charge in [-0.15, -0.1) is 10.2 Å². The molecule has 1 aliphatic rings. The van der Waals surface area contributed by atoms with Crippen molar-refractivity contribution in [1.82, 2.24) is 20.1 Å². The number of piperazine rings is 1. The van der Waals surface area contributed by atoms with Crippen molar-refractivity contribution in [3.05, 3.63) is 54.0 Å². The zero-order chi connectivity index (χ0) is 22.0. The van der Waals surface area contributed by atoms with Gasteiger partial charge in [-0.25, -0.2) is 9.78 Å². The molecule has 0 atom stereocenters. The van der Waals surface area contributed by atoms with Crippen molar-refractivity contribution >= 4 is 17.5 Å². The molecule has 8 nitrogen and oxygen atoms in total. The third kappa shape index (κ3) is 4.60. The van der Waals surface area contributed by atoms with Crippen LogP contribution in [0.5, 0.6) is 0 Å². The first-order valence-corrected chi connectivity index (χ1v) is 9.55. The minimum absolute atomic E-state index is 0.0982. The topological polar surface area (TPSA) is 87.4 Å². The van der Waals surface area contributed by atoms with Crippen LogP contribution in [-0.2, 0) is 6.18 Å². The molecular formula is C20H19F3N6O2. The highest BCUT2D eigenvalue weighted by Crippen LogP contribution is 2.31. The normalized spacial score (nSPS) is 14.6. The number of nitrogens with one attached hydrogen (secondary N) is 1. The Morgan fingerprint density at radius 3 is 2.55 bits per heavy atom. The zero-order valence-electron chi connectivity index (χ0n) is 16.6. The van der Waals surface area contributed by atoms with Gasteiger partial charge in [0.25, 0.3) is 5.89 Å². The number of aromatic nitrogens is 3. The summed E-state index contributed by atoms with van der Waals surface area (Å²) in [5.74, 6) is 1.48. The predicted molar refractivity (Wildman–Crippen MR) is 107 cm³/mol. The molecule has 1 fully saturated rings. The van der Waals surface area contributed by atoms with Gasteiger partial charge in [0.2, 0.25) is 5.89 Å². The second-order valence-corrected chi connectivity index (χ2v) is 6.98. The summed E-state index contributed by atoms with van der Waals surface area (Å²) in [6.07, 6.45) is -2.81. The fourth-order valence-corrected chi connectivity index (χ4v) is 3.32. The second kappa shape index (κ2) is 8.25. The first-order valence-electron chi connectivity index (χ1n) is 9.55. The number of hydrogen-bond donors (Lipinski definition) is 1. The molecule has 0 unspecified atom stereocenters. The number of carbonyl (C=O) groups excluding carboxylic acids is 1. The zero-order valence-corrected chi connectivity index (χ0v) is 16.6. The van der Waals surface area contributed by atoms with Crippen molar-refractivity contribution in [3.63, 3.8) is 0 Å². The van der Waals surface area contributed by atoms with Gasteiger partial charge in [-0.05, 0) is 30.3 Å². The average molecular weight is 432 g/mol. The number of rotatable bonds is 3. The molecule has 0 bridgehead atoms. The van der Waals surface area contributed by atoms with Crippen LogP contribution in [-0.4, -0.2) is 52.3 Å². The van der Waals surface area contributed by atoms with E-state index in [0.717, 1.165) is 12.1 Å². The van der Waals surface area contributed by atoms with Crippen molar-refractivity contribution < 1.29 is 22.4 Å². The standard InChI is InChI=1S/C20H19F3N6O2/c1-13-26-27-18(31-13)16-6-3-7-24-17(16)28-8-10-29(11-9-28)19(30)25-15-5-2-4-14(12-15)20(21,22)23/h2-7,12H,8-11H2,1H3,(H,25,30). The first kappa shape index (κ1) is 20.6. The van der Waals surface area contributed by atoms with E-state index in [1.165, 1.54) is 12.1 Å². The quantitative estimate of drug-likeness (QED) is 0.677. The van der Waals surface area contributed by atoms with E-state index in [9.17, 15) is 18.0 Å². The van der Waals surface area contributed by atoms with E-state index in [4.69, 9.17) is 4.42 Å². The Labute approximate surface area is 175 Å². The van der Waals surface area contributed by atoms with Crippen molar-refractivity contribution in [2.24, 2.45) is 0 Å². The molecule has 1 aromatic carbocycles. The van der Waals surface area contributed by atoms with Gasteiger partial charge in [0.15, 0.2) is 0 Å². The van der Waals surface area contributed by atoms with Crippen LogP contribution in [0.1, 0.15) is 11.5 Å². The van der Waals surface area contributed by atoms with E-state index in [-0.39, 0.29) is 5.69 Å². The van der Waals surface area contributed by atoms with E-state index in [1.54, 1.807) is 24.1 Å². The number of benzene rings is 1. The van der Waals surface area contributed by atoms with E-state index in [2.05, 4.69) is 20.5 Å². The number of aryl methyl sites for hydroxylation is 1. The van der Waals surface area contributed by atoms with Gasteiger partial charge >= 0.3 is 12.2 Å². The number of pyridine rings is 1. The number of amides is 2. The molecule has 2 aromatic heterocycles. The van der Waals surface area contributed by atoms with Crippen molar-refractivity contribution in [1.29, 1.82) is 0 Å². The molecule has 0 radical (unpaired) electrons. The summed E-state index contributed by atoms with van der Waals surface area (Å²) in [6.45, 7) is 3.45. The molecule has 1 saturated heterocycles. The molecular weight excluding hydrogens is 413 g/mol. The van der Waals surface area contributed by atoms with Crippen LogP contribution in [0.2, 0.25) is 0 Å². The van der Waals surface area contributed by atoms with Crippen LogP contribution in [0.15, 0.2) is 47.0 Å². The van der Waals surface area contributed by atoms with Gasteiger partial charge < -0.3 is 19.5 Å². The van der Waals surface area contributed by atoms with Crippen molar-refractivity contribution in [2.75, 3.05) is 36.4 Å². The third-order valence-corrected chi connectivity index (χ3v) is 4.85. The lowest BCUT2D eigenvalue weighted by Crippen LogP contribution is -2.50. The van der Waals surface area contributed by atoms with Gasteiger partial charge in [0.05, 0.1) is 11.1 Å². The summed E-state index contributed by atoms with van der Waals surface area (Å²) >= 11 is 0. The SMILES string of the molecule is Cc1nnc(-c2cccnc2N2CCN(C(=O)Nc3cccc(C(F)(F)F)c3)CC2)o1. The number of nitrogens with zero attached hydrogens (tertiary/aromatic N) is 5. The maximum atomic E-state index is 12.9.